The quantitative estimate of drug-likeness (QED) is 0.890. The van der Waals surface area contributed by atoms with Gasteiger partial charge in [-0.1, -0.05) is 26.0 Å². The van der Waals surface area contributed by atoms with Crippen LogP contribution in [0.3, 0.4) is 0 Å². The smallest absolute Gasteiger partial charge is 0.123 e. The van der Waals surface area contributed by atoms with E-state index in [1.165, 1.54) is 25.0 Å². The van der Waals surface area contributed by atoms with Gasteiger partial charge in [0.15, 0.2) is 0 Å². The number of hydrogen-bond donors (Lipinski definition) is 1. The van der Waals surface area contributed by atoms with E-state index in [1.54, 1.807) is 12.1 Å². The van der Waals surface area contributed by atoms with E-state index in [4.69, 9.17) is 0 Å². The topological polar surface area (TPSA) is 23.5 Å². The van der Waals surface area contributed by atoms with Crippen LogP contribution in [0.15, 0.2) is 24.3 Å². The molecule has 1 N–H and O–H groups in total. The van der Waals surface area contributed by atoms with Crippen LogP contribution in [-0.2, 0) is 0 Å². The summed E-state index contributed by atoms with van der Waals surface area (Å²) in [5.74, 6) is 1.34. The molecule has 1 aliphatic rings. The van der Waals surface area contributed by atoms with Gasteiger partial charge in [0.25, 0.3) is 0 Å². The van der Waals surface area contributed by atoms with Crippen LogP contribution < -0.4 is 0 Å². The van der Waals surface area contributed by atoms with Crippen molar-refractivity contribution < 1.29 is 9.50 Å². The molecular weight excluding hydrogens is 253 g/mol. The molecule has 0 radical (unpaired) electrons. The van der Waals surface area contributed by atoms with Gasteiger partial charge in [0.05, 0.1) is 6.10 Å². The Balaban J connectivity index is 1.76. The van der Waals surface area contributed by atoms with Crippen molar-refractivity contribution in [3.63, 3.8) is 0 Å². The number of rotatable bonds is 5. The summed E-state index contributed by atoms with van der Waals surface area (Å²) in [5.41, 5.74) is 0.682. The summed E-state index contributed by atoms with van der Waals surface area (Å²) in [7, 11) is 0. The molecule has 3 heteroatoms. The van der Waals surface area contributed by atoms with Gasteiger partial charge in [-0.2, -0.15) is 0 Å². The van der Waals surface area contributed by atoms with E-state index in [9.17, 15) is 9.50 Å². The molecule has 1 atom stereocenters. The first-order valence-electron chi connectivity index (χ1n) is 7.72. The summed E-state index contributed by atoms with van der Waals surface area (Å²) >= 11 is 0. The predicted molar refractivity (Wildman–Crippen MR) is 80.0 cm³/mol. The Morgan fingerprint density at radius 2 is 2.00 bits per heavy atom. The Morgan fingerprint density at radius 1 is 1.30 bits per heavy atom. The number of nitrogens with zero attached hydrogens (tertiary/aromatic N) is 1. The van der Waals surface area contributed by atoms with Crippen molar-refractivity contribution in [1.82, 2.24) is 4.90 Å². The zero-order chi connectivity index (χ0) is 14.5. The summed E-state index contributed by atoms with van der Waals surface area (Å²) in [5, 5.41) is 10.1. The van der Waals surface area contributed by atoms with Crippen molar-refractivity contribution in [2.75, 3.05) is 19.6 Å². The number of piperidine rings is 1. The van der Waals surface area contributed by atoms with Crippen molar-refractivity contribution >= 4 is 0 Å². The summed E-state index contributed by atoms with van der Waals surface area (Å²) in [6.07, 6.45) is 2.63. The highest BCUT2D eigenvalue weighted by atomic mass is 19.1. The molecule has 0 amide bonds. The van der Waals surface area contributed by atoms with Gasteiger partial charge in [0, 0.05) is 6.54 Å². The van der Waals surface area contributed by atoms with Gasteiger partial charge in [-0.15, -0.1) is 0 Å². The Labute approximate surface area is 121 Å². The molecule has 0 aliphatic carbocycles. The lowest BCUT2D eigenvalue weighted by Gasteiger charge is -2.34. The molecule has 1 aromatic carbocycles. The number of likely N-dealkylation sites (tertiary alicyclic amines) is 1. The summed E-state index contributed by atoms with van der Waals surface area (Å²) in [6.45, 7) is 7.74. The monoisotopic (exact) mass is 279 g/mol. The van der Waals surface area contributed by atoms with E-state index in [0.717, 1.165) is 31.5 Å². The zero-order valence-corrected chi connectivity index (χ0v) is 12.6. The molecule has 1 aromatic rings. The normalized spacial score (nSPS) is 19.4. The van der Waals surface area contributed by atoms with E-state index in [-0.39, 0.29) is 5.82 Å². The number of aliphatic hydroxyl groups excluding tert-OH is 1. The molecule has 1 unspecified atom stereocenters. The van der Waals surface area contributed by atoms with Crippen LogP contribution in [0.4, 0.5) is 4.39 Å². The average molecular weight is 279 g/mol. The van der Waals surface area contributed by atoms with Crippen molar-refractivity contribution in [3.05, 3.63) is 35.6 Å². The molecule has 112 valence electrons. The minimum absolute atomic E-state index is 0.278. The Morgan fingerprint density at radius 3 is 2.60 bits per heavy atom. The summed E-state index contributed by atoms with van der Waals surface area (Å²) < 4.78 is 13.1. The maximum atomic E-state index is 13.1. The van der Waals surface area contributed by atoms with E-state index < -0.39 is 6.10 Å². The Kier molecular flexibility index (Phi) is 5.55. The highest BCUT2D eigenvalue weighted by molar-refractivity contribution is 5.18. The fraction of sp³-hybridized carbons (Fsp3) is 0.647. The van der Waals surface area contributed by atoms with Gasteiger partial charge < -0.3 is 10.0 Å². The second-order valence-electron chi connectivity index (χ2n) is 6.28. The molecule has 1 fully saturated rings. The summed E-state index contributed by atoms with van der Waals surface area (Å²) in [4.78, 5) is 2.42. The van der Waals surface area contributed by atoms with Gasteiger partial charge in [0.1, 0.15) is 5.82 Å². The van der Waals surface area contributed by atoms with E-state index in [1.807, 2.05) is 0 Å². The number of aliphatic hydroxyl groups is 1. The third-order valence-corrected chi connectivity index (χ3v) is 4.53. The number of benzene rings is 1. The van der Waals surface area contributed by atoms with Crippen molar-refractivity contribution in [2.45, 2.75) is 39.2 Å². The van der Waals surface area contributed by atoms with Crippen LogP contribution in [0.2, 0.25) is 0 Å². The lowest BCUT2D eigenvalue weighted by atomic mass is 9.86. The maximum Gasteiger partial charge on any atom is 0.123 e. The minimum Gasteiger partial charge on any atom is -0.388 e. The predicted octanol–water partition coefficient (Wildman–Crippen LogP) is 3.62. The van der Waals surface area contributed by atoms with E-state index in [0.29, 0.717) is 12.0 Å². The molecule has 1 heterocycles. The Bertz CT molecular complexity index is 413. The molecule has 0 saturated carbocycles. The van der Waals surface area contributed by atoms with Crippen LogP contribution in [0.5, 0.6) is 0 Å². The van der Waals surface area contributed by atoms with Crippen LogP contribution >= 0.6 is 0 Å². The fourth-order valence-corrected chi connectivity index (χ4v) is 3.03. The first-order chi connectivity index (χ1) is 9.56. The van der Waals surface area contributed by atoms with Gasteiger partial charge >= 0.3 is 0 Å². The first-order valence-corrected chi connectivity index (χ1v) is 7.72. The second kappa shape index (κ2) is 7.19. The number of halogens is 1. The third-order valence-electron chi connectivity index (χ3n) is 4.53. The average Bonchev–Trinajstić information content (AvgIpc) is 2.45. The molecule has 1 aliphatic heterocycles. The van der Waals surface area contributed by atoms with Crippen molar-refractivity contribution in [2.24, 2.45) is 11.8 Å². The first kappa shape index (κ1) is 15.5. The molecule has 20 heavy (non-hydrogen) atoms. The van der Waals surface area contributed by atoms with Gasteiger partial charge in [-0.3, -0.25) is 0 Å². The van der Waals surface area contributed by atoms with Gasteiger partial charge in [-0.25, -0.2) is 4.39 Å². The standard InChI is InChI=1S/C17H26FNO/c1-13(2)14-6-9-19(10-7-14)11-8-17(20)15-4-3-5-16(18)12-15/h3-5,12-14,17,20H,6-11H2,1-2H3. The zero-order valence-electron chi connectivity index (χ0n) is 12.6. The number of hydrogen-bond acceptors (Lipinski definition) is 2. The minimum atomic E-state index is -0.562. The van der Waals surface area contributed by atoms with E-state index in [2.05, 4.69) is 18.7 Å². The molecular formula is C17H26FNO. The van der Waals surface area contributed by atoms with Crippen molar-refractivity contribution in [1.29, 1.82) is 0 Å². The largest absolute Gasteiger partial charge is 0.388 e. The fourth-order valence-electron chi connectivity index (χ4n) is 3.03. The molecule has 2 rings (SSSR count). The van der Waals surface area contributed by atoms with Crippen LogP contribution in [-0.4, -0.2) is 29.6 Å². The SMILES string of the molecule is CC(C)C1CCN(CCC(O)c2cccc(F)c2)CC1. The molecule has 0 spiro atoms. The third kappa shape index (κ3) is 4.29. The highest BCUT2D eigenvalue weighted by Crippen LogP contribution is 2.25. The highest BCUT2D eigenvalue weighted by Gasteiger charge is 2.21. The molecule has 1 saturated heterocycles. The van der Waals surface area contributed by atoms with E-state index >= 15 is 0 Å². The molecule has 0 bridgehead atoms. The Hall–Kier alpha value is -0.930. The lowest BCUT2D eigenvalue weighted by molar-refractivity contribution is 0.114. The maximum absolute atomic E-state index is 13.1. The lowest BCUT2D eigenvalue weighted by Crippen LogP contribution is -2.36. The van der Waals surface area contributed by atoms with Gasteiger partial charge in [-0.05, 0) is 61.9 Å². The molecule has 2 nitrogen and oxygen atoms in total. The molecule has 0 aromatic heterocycles. The van der Waals surface area contributed by atoms with Crippen LogP contribution in [0, 0.1) is 17.7 Å². The summed E-state index contributed by atoms with van der Waals surface area (Å²) in [6, 6.07) is 6.28. The second-order valence-corrected chi connectivity index (χ2v) is 6.28. The van der Waals surface area contributed by atoms with Crippen LogP contribution in [0.1, 0.15) is 44.8 Å². The van der Waals surface area contributed by atoms with Crippen LogP contribution in [0.25, 0.3) is 0 Å². The van der Waals surface area contributed by atoms with Crippen molar-refractivity contribution in [3.8, 4) is 0 Å². The van der Waals surface area contributed by atoms with Gasteiger partial charge in [0.2, 0.25) is 0 Å².